The third-order valence-electron chi connectivity index (χ3n) is 5.28. The Bertz CT molecular complexity index is 956. The van der Waals surface area contributed by atoms with E-state index in [-0.39, 0.29) is 5.91 Å². The Kier molecular flexibility index (Phi) is 5.58. The van der Waals surface area contributed by atoms with Gasteiger partial charge in [-0.25, -0.2) is 0 Å². The number of amides is 1. The average Bonchev–Trinajstić information content (AvgIpc) is 2.73. The Morgan fingerprint density at radius 2 is 1.93 bits per heavy atom. The lowest BCUT2D eigenvalue weighted by atomic mass is 9.90. The Balaban J connectivity index is 1.68. The summed E-state index contributed by atoms with van der Waals surface area (Å²) in [5.74, 6) is 0.462. The molecule has 1 atom stereocenters. The van der Waals surface area contributed by atoms with Gasteiger partial charge in [0.05, 0.1) is 19.8 Å². The lowest BCUT2D eigenvalue weighted by molar-refractivity contribution is 0.0303. The average molecular weight is 414 g/mol. The fourth-order valence-corrected chi connectivity index (χ4v) is 3.98. The molecule has 0 spiro atoms. The number of halogens is 1. The van der Waals surface area contributed by atoms with Gasteiger partial charge in [-0.2, -0.15) is 0 Å². The molecule has 7 heteroatoms. The summed E-state index contributed by atoms with van der Waals surface area (Å²) in [6.45, 7) is 5.13. The van der Waals surface area contributed by atoms with Crippen molar-refractivity contribution in [2.24, 2.45) is 10.7 Å². The fourth-order valence-electron chi connectivity index (χ4n) is 3.75. The van der Waals surface area contributed by atoms with E-state index in [1.165, 1.54) is 0 Å². The summed E-state index contributed by atoms with van der Waals surface area (Å²) in [7, 11) is 0. The molecule has 1 unspecified atom stereocenters. The Hall–Kier alpha value is -2.41. The summed E-state index contributed by atoms with van der Waals surface area (Å²) >= 11 is 6.36. The van der Waals surface area contributed by atoms with Crippen LogP contribution in [0, 0.1) is 0 Å². The molecule has 29 heavy (non-hydrogen) atoms. The molecule has 2 aliphatic rings. The number of hydrogen-bond donors (Lipinski definition) is 1. The van der Waals surface area contributed by atoms with E-state index >= 15 is 0 Å². The molecule has 152 valence electrons. The van der Waals surface area contributed by atoms with Gasteiger partial charge < -0.3 is 20.1 Å². The predicted molar refractivity (Wildman–Crippen MR) is 113 cm³/mol. The maximum absolute atomic E-state index is 12.9. The van der Waals surface area contributed by atoms with E-state index in [9.17, 15) is 4.79 Å². The summed E-state index contributed by atoms with van der Waals surface area (Å²) in [5, 5.41) is 0.527. The van der Waals surface area contributed by atoms with Crippen molar-refractivity contribution in [2.75, 3.05) is 39.5 Å². The number of ether oxygens (including phenoxy) is 2. The van der Waals surface area contributed by atoms with Gasteiger partial charge in [0.25, 0.3) is 5.91 Å². The highest BCUT2D eigenvalue weighted by molar-refractivity contribution is 6.31. The summed E-state index contributed by atoms with van der Waals surface area (Å²) in [6, 6.07) is 13.5. The van der Waals surface area contributed by atoms with Crippen molar-refractivity contribution >= 4 is 23.3 Å². The van der Waals surface area contributed by atoms with Crippen LogP contribution in [0.4, 0.5) is 0 Å². The summed E-state index contributed by atoms with van der Waals surface area (Å²) < 4.78 is 10.9. The normalized spacial score (nSPS) is 22.3. The van der Waals surface area contributed by atoms with E-state index in [2.05, 4.69) is 11.1 Å². The van der Waals surface area contributed by atoms with Crippen molar-refractivity contribution in [1.29, 1.82) is 0 Å². The smallest absolute Gasteiger partial charge is 0.254 e. The van der Waals surface area contributed by atoms with E-state index in [1.807, 2.05) is 37.3 Å². The molecule has 0 bridgehead atoms. The van der Waals surface area contributed by atoms with Gasteiger partial charge in [-0.05, 0) is 47.9 Å². The molecular formula is C22H24ClN3O3. The van der Waals surface area contributed by atoms with Gasteiger partial charge in [0.15, 0.2) is 0 Å². The van der Waals surface area contributed by atoms with Gasteiger partial charge in [0.1, 0.15) is 18.0 Å². The summed E-state index contributed by atoms with van der Waals surface area (Å²) in [6.07, 6.45) is 0. The molecule has 4 rings (SSSR count). The van der Waals surface area contributed by atoms with Crippen molar-refractivity contribution in [3.05, 3.63) is 58.6 Å². The molecule has 0 aliphatic carbocycles. The topological polar surface area (TPSA) is 77.2 Å². The highest BCUT2D eigenvalue weighted by Crippen LogP contribution is 2.32. The number of morpholine rings is 1. The Morgan fingerprint density at radius 3 is 2.69 bits per heavy atom. The zero-order valence-electron chi connectivity index (χ0n) is 16.4. The number of amidine groups is 1. The van der Waals surface area contributed by atoms with Gasteiger partial charge in [0, 0.05) is 23.7 Å². The maximum Gasteiger partial charge on any atom is 0.254 e. The van der Waals surface area contributed by atoms with Gasteiger partial charge in [-0.3, -0.25) is 9.79 Å². The standard InChI is InChI=1S/C22H24ClN3O3/c1-22(14-29-13-20(24)25-22)18-4-2-3-15(10-18)16-9-17(12-19(23)11-16)21(27)26-5-7-28-8-6-26/h2-4,9-12H,5-8,13-14H2,1H3,(H2,24,25). The van der Waals surface area contributed by atoms with E-state index in [0.717, 1.165) is 16.7 Å². The third kappa shape index (κ3) is 4.29. The fraction of sp³-hybridized carbons (Fsp3) is 0.364. The van der Waals surface area contributed by atoms with Crippen LogP contribution < -0.4 is 5.73 Å². The van der Waals surface area contributed by atoms with Crippen LogP contribution in [0.2, 0.25) is 5.02 Å². The predicted octanol–water partition coefficient (Wildman–Crippen LogP) is 3.08. The first kappa shape index (κ1) is 19.9. The zero-order chi connectivity index (χ0) is 20.4. The molecule has 2 heterocycles. The molecule has 2 aromatic rings. The minimum Gasteiger partial charge on any atom is -0.386 e. The number of aliphatic imine (C=N–C) groups is 1. The second-order valence-corrected chi connectivity index (χ2v) is 8.02. The van der Waals surface area contributed by atoms with E-state index in [1.54, 1.807) is 11.0 Å². The molecule has 0 saturated carbocycles. The Labute approximate surface area is 175 Å². The molecule has 0 radical (unpaired) electrons. The van der Waals surface area contributed by atoms with Gasteiger partial charge >= 0.3 is 0 Å². The van der Waals surface area contributed by atoms with Crippen molar-refractivity contribution < 1.29 is 14.3 Å². The minimum absolute atomic E-state index is 0.0294. The van der Waals surface area contributed by atoms with Crippen LogP contribution in [0.15, 0.2) is 47.5 Å². The van der Waals surface area contributed by atoms with E-state index in [4.69, 9.17) is 26.8 Å². The number of hydrogen-bond acceptors (Lipinski definition) is 5. The molecular weight excluding hydrogens is 390 g/mol. The Morgan fingerprint density at radius 1 is 1.14 bits per heavy atom. The minimum atomic E-state index is -0.538. The first-order chi connectivity index (χ1) is 13.9. The summed E-state index contributed by atoms with van der Waals surface area (Å²) in [4.78, 5) is 19.3. The lowest BCUT2D eigenvalue weighted by Crippen LogP contribution is -2.40. The van der Waals surface area contributed by atoms with Crippen LogP contribution in [-0.2, 0) is 15.0 Å². The molecule has 6 nitrogen and oxygen atoms in total. The van der Waals surface area contributed by atoms with Crippen molar-refractivity contribution in [3.63, 3.8) is 0 Å². The van der Waals surface area contributed by atoms with Crippen LogP contribution in [0.3, 0.4) is 0 Å². The third-order valence-corrected chi connectivity index (χ3v) is 5.50. The van der Waals surface area contributed by atoms with Crippen LogP contribution in [-0.4, -0.2) is 56.2 Å². The molecule has 2 N–H and O–H groups in total. The van der Waals surface area contributed by atoms with Gasteiger partial charge in [0.2, 0.25) is 0 Å². The monoisotopic (exact) mass is 413 g/mol. The van der Waals surface area contributed by atoms with Crippen molar-refractivity contribution in [1.82, 2.24) is 4.90 Å². The second kappa shape index (κ2) is 8.14. The van der Waals surface area contributed by atoms with E-state index < -0.39 is 5.54 Å². The maximum atomic E-state index is 12.9. The highest BCUT2D eigenvalue weighted by atomic mass is 35.5. The molecule has 1 fully saturated rings. The van der Waals surface area contributed by atoms with Crippen LogP contribution in [0.1, 0.15) is 22.8 Å². The lowest BCUT2D eigenvalue weighted by Gasteiger charge is -2.30. The van der Waals surface area contributed by atoms with Crippen LogP contribution >= 0.6 is 11.6 Å². The van der Waals surface area contributed by atoms with Gasteiger partial charge in [-0.15, -0.1) is 0 Å². The van der Waals surface area contributed by atoms with Crippen LogP contribution in [0.25, 0.3) is 11.1 Å². The first-order valence-electron chi connectivity index (χ1n) is 9.65. The number of carbonyl (C=O) groups excluding carboxylic acids is 1. The number of carbonyl (C=O) groups is 1. The number of nitrogens with two attached hydrogens (primary N) is 1. The van der Waals surface area contributed by atoms with Gasteiger partial charge in [-0.1, -0.05) is 29.8 Å². The highest BCUT2D eigenvalue weighted by Gasteiger charge is 2.30. The van der Waals surface area contributed by atoms with Crippen molar-refractivity contribution in [3.8, 4) is 11.1 Å². The largest absolute Gasteiger partial charge is 0.386 e. The molecule has 1 amide bonds. The number of rotatable bonds is 3. The van der Waals surface area contributed by atoms with E-state index in [0.29, 0.717) is 55.9 Å². The van der Waals surface area contributed by atoms with Crippen LogP contribution in [0.5, 0.6) is 0 Å². The van der Waals surface area contributed by atoms with Crippen molar-refractivity contribution in [2.45, 2.75) is 12.5 Å². The molecule has 2 aromatic carbocycles. The summed E-state index contributed by atoms with van der Waals surface area (Å²) in [5.41, 5.74) is 8.78. The molecule has 2 aliphatic heterocycles. The molecule has 0 aromatic heterocycles. The number of nitrogens with zero attached hydrogens (tertiary/aromatic N) is 2. The second-order valence-electron chi connectivity index (χ2n) is 7.58. The zero-order valence-corrected chi connectivity index (χ0v) is 17.1. The quantitative estimate of drug-likeness (QED) is 0.838. The first-order valence-corrected chi connectivity index (χ1v) is 10.0. The molecule has 1 saturated heterocycles. The number of benzene rings is 2. The SMILES string of the molecule is CC1(c2cccc(-c3cc(Cl)cc(C(=O)N4CCOCC4)c3)c2)COCC(N)=N1.